The summed E-state index contributed by atoms with van der Waals surface area (Å²) in [4.78, 5) is 0. The third-order valence-electron chi connectivity index (χ3n) is 5.04. The number of methoxy groups -OCH3 is 4. The highest BCUT2D eigenvalue weighted by atomic mass is 35.5. The van der Waals surface area contributed by atoms with Gasteiger partial charge in [-0.15, -0.1) is 0 Å². The zero-order valence-electron chi connectivity index (χ0n) is 17.1. The van der Waals surface area contributed by atoms with Gasteiger partial charge in [-0.2, -0.15) is 0 Å². The summed E-state index contributed by atoms with van der Waals surface area (Å²) in [7, 11) is 6.52. The molecule has 0 unspecified atom stereocenters. The van der Waals surface area contributed by atoms with Crippen LogP contribution in [0.2, 0.25) is 10.0 Å². The summed E-state index contributed by atoms with van der Waals surface area (Å²) in [6, 6.07) is 0. The van der Waals surface area contributed by atoms with Gasteiger partial charge in [0, 0.05) is 28.7 Å². The third kappa shape index (κ3) is 3.53. The first-order valence-corrected chi connectivity index (χ1v) is 9.29. The van der Waals surface area contributed by atoms with E-state index in [1.54, 1.807) is 28.4 Å². The molecule has 2 rings (SSSR count). The van der Waals surface area contributed by atoms with Crippen molar-refractivity contribution in [3.8, 4) is 23.0 Å². The van der Waals surface area contributed by atoms with Crippen LogP contribution in [0.1, 0.15) is 33.4 Å². The van der Waals surface area contributed by atoms with E-state index in [9.17, 15) is 0 Å². The van der Waals surface area contributed by atoms with Crippen LogP contribution in [-0.4, -0.2) is 28.4 Å². The highest BCUT2D eigenvalue weighted by Crippen LogP contribution is 2.46. The largest absolute Gasteiger partial charge is 0.496 e. The highest BCUT2D eigenvalue weighted by Gasteiger charge is 2.25. The number of benzene rings is 2. The van der Waals surface area contributed by atoms with Gasteiger partial charge in [-0.25, -0.2) is 0 Å². The van der Waals surface area contributed by atoms with Crippen LogP contribution in [0.3, 0.4) is 0 Å². The van der Waals surface area contributed by atoms with Gasteiger partial charge in [-0.1, -0.05) is 23.2 Å². The van der Waals surface area contributed by atoms with Crippen LogP contribution < -0.4 is 18.9 Å². The average molecular weight is 413 g/mol. The molecule has 0 saturated heterocycles. The Morgan fingerprint density at radius 2 is 0.815 bits per heavy atom. The van der Waals surface area contributed by atoms with E-state index in [2.05, 4.69) is 0 Å². The first-order chi connectivity index (χ1) is 12.7. The van der Waals surface area contributed by atoms with Crippen LogP contribution in [0.15, 0.2) is 0 Å². The Morgan fingerprint density at radius 3 is 1.07 bits per heavy atom. The minimum absolute atomic E-state index is 0.559. The van der Waals surface area contributed by atoms with Crippen LogP contribution in [0.25, 0.3) is 0 Å². The second kappa shape index (κ2) is 8.49. The van der Waals surface area contributed by atoms with Gasteiger partial charge in [-0.05, 0) is 38.8 Å². The van der Waals surface area contributed by atoms with Crippen LogP contribution in [0.5, 0.6) is 23.0 Å². The molecule has 0 bridgehead atoms. The molecule has 0 aromatic heterocycles. The first kappa shape index (κ1) is 21.5. The molecule has 0 amide bonds. The van der Waals surface area contributed by atoms with E-state index < -0.39 is 0 Å². The van der Waals surface area contributed by atoms with E-state index >= 15 is 0 Å². The smallest absolute Gasteiger partial charge is 0.141 e. The molecule has 2 aromatic rings. The summed E-state index contributed by atoms with van der Waals surface area (Å²) in [5.74, 6) is 2.79. The van der Waals surface area contributed by atoms with E-state index in [1.807, 2.05) is 27.7 Å². The van der Waals surface area contributed by atoms with Gasteiger partial charge < -0.3 is 18.9 Å². The van der Waals surface area contributed by atoms with Crippen molar-refractivity contribution in [3.05, 3.63) is 43.4 Å². The zero-order chi connectivity index (χ0) is 20.5. The predicted octanol–water partition coefficient (Wildman–Crippen LogP) is 5.85. The lowest BCUT2D eigenvalue weighted by Gasteiger charge is -2.23. The molecule has 6 heteroatoms. The standard InChI is InChI=1S/C21H26Cl2O4/c1-10-14(18(24-5)12(3)16(22)20(10)26-7)9-15-11(2)21(27-8)17(23)13(4)19(15)25-6/h9H2,1-8H3. The summed E-state index contributed by atoms with van der Waals surface area (Å²) in [5, 5.41) is 1.12. The molecule has 0 aliphatic heterocycles. The Kier molecular flexibility index (Phi) is 6.77. The molecule has 148 valence electrons. The Balaban J connectivity index is 2.82. The number of rotatable bonds is 6. The van der Waals surface area contributed by atoms with Crippen molar-refractivity contribution in [2.24, 2.45) is 0 Å². The molecule has 0 radical (unpaired) electrons. The van der Waals surface area contributed by atoms with Gasteiger partial charge in [0.15, 0.2) is 0 Å². The SMILES string of the molecule is COc1c(C)c(Cc2c(C)c(OC)c(Cl)c(C)c2OC)c(OC)c(C)c1Cl. The number of hydrogen-bond donors (Lipinski definition) is 0. The predicted molar refractivity (Wildman–Crippen MR) is 111 cm³/mol. The molecular weight excluding hydrogens is 387 g/mol. The van der Waals surface area contributed by atoms with Crippen molar-refractivity contribution in [2.45, 2.75) is 34.1 Å². The lowest BCUT2D eigenvalue weighted by molar-refractivity contribution is 0.389. The molecule has 0 aliphatic rings. The van der Waals surface area contributed by atoms with Crippen molar-refractivity contribution in [2.75, 3.05) is 28.4 Å². The van der Waals surface area contributed by atoms with Gasteiger partial charge >= 0.3 is 0 Å². The minimum Gasteiger partial charge on any atom is -0.496 e. The monoisotopic (exact) mass is 412 g/mol. The second-order valence-corrected chi connectivity index (χ2v) is 7.15. The van der Waals surface area contributed by atoms with Crippen molar-refractivity contribution >= 4 is 23.2 Å². The third-order valence-corrected chi connectivity index (χ3v) is 5.95. The molecule has 0 spiro atoms. The first-order valence-electron chi connectivity index (χ1n) is 8.53. The van der Waals surface area contributed by atoms with Crippen LogP contribution in [0, 0.1) is 27.7 Å². The Hall–Kier alpha value is -1.78. The van der Waals surface area contributed by atoms with Crippen molar-refractivity contribution in [3.63, 3.8) is 0 Å². The highest BCUT2D eigenvalue weighted by molar-refractivity contribution is 6.33. The maximum absolute atomic E-state index is 6.47. The number of halogens is 2. The fraction of sp³-hybridized carbons (Fsp3) is 0.429. The van der Waals surface area contributed by atoms with Crippen molar-refractivity contribution in [1.82, 2.24) is 0 Å². The molecule has 0 saturated carbocycles. The Labute approximate surface area is 171 Å². The van der Waals surface area contributed by atoms with Gasteiger partial charge in [0.1, 0.15) is 23.0 Å². The molecule has 0 aliphatic carbocycles. The van der Waals surface area contributed by atoms with Gasteiger partial charge in [0.05, 0.1) is 38.5 Å². The summed E-state index contributed by atoms with van der Waals surface area (Å²) < 4.78 is 22.5. The second-order valence-electron chi connectivity index (χ2n) is 6.39. The van der Waals surface area contributed by atoms with Crippen LogP contribution in [-0.2, 0) is 6.42 Å². The zero-order valence-corrected chi connectivity index (χ0v) is 18.6. The summed E-state index contributed by atoms with van der Waals surface area (Å²) in [5.41, 5.74) is 5.51. The summed E-state index contributed by atoms with van der Waals surface area (Å²) in [6.07, 6.45) is 0.562. The average Bonchev–Trinajstić information content (AvgIpc) is 2.65. The molecule has 0 heterocycles. The van der Waals surface area contributed by atoms with Gasteiger partial charge in [0.25, 0.3) is 0 Å². The fourth-order valence-electron chi connectivity index (χ4n) is 3.58. The molecule has 0 atom stereocenters. The fourth-order valence-corrected chi connectivity index (χ4v) is 4.19. The van der Waals surface area contributed by atoms with E-state index in [1.165, 1.54) is 0 Å². The minimum atomic E-state index is 0.559. The molecular formula is C21H26Cl2O4. The van der Waals surface area contributed by atoms with E-state index in [4.69, 9.17) is 42.1 Å². The van der Waals surface area contributed by atoms with E-state index in [-0.39, 0.29) is 0 Å². The van der Waals surface area contributed by atoms with E-state index in [0.29, 0.717) is 28.0 Å². The maximum atomic E-state index is 6.47. The van der Waals surface area contributed by atoms with Crippen molar-refractivity contribution < 1.29 is 18.9 Å². The normalized spacial score (nSPS) is 10.7. The van der Waals surface area contributed by atoms with Crippen LogP contribution in [0.4, 0.5) is 0 Å². The Bertz CT molecular complexity index is 804. The van der Waals surface area contributed by atoms with Gasteiger partial charge in [-0.3, -0.25) is 0 Å². The van der Waals surface area contributed by atoms with Crippen LogP contribution >= 0.6 is 23.2 Å². The number of ether oxygens (including phenoxy) is 4. The van der Waals surface area contributed by atoms with Crippen molar-refractivity contribution in [1.29, 1.82) is 0 Å². The maximum Gasteiger partial charge on any atom is 0.141 e. The molecule has 0 fully saturated rings. The molecule has 0 N–H and O–H groups in total. The summed E-state index contributed by atoms with van der Waals surface area (Å²) in [6.45, 7) is 7.79. The van der Waals surface area contributed by atoms with E-state index in [0.717, 1.165) is 44.9 Å². The lowest BCUT2D eigenvalue weighted by Crippen LogP contribution is -2.07. The topological polar surface area (TPSA) is 36.9 Å². The summed E-state index contributed by atoms with van der Waals surface area (Å²) >= 11 is 12.9. The van der Waals surface area contributed by atoms with Gasteiger partial charge in [0.2, 0.25) is 0 Å². The molecule has 2 aromatic carbocycles. The number of hydrogen-bond acceptors (Lipinski definition) is 4. The molecule has 27 heavy (non-hydrogen) atoms. The lowest BCUT2D eigenvalue weighted by atomic mass is 9.91. The molecule has 4 nitrogen and oxygen atoms in total. The Morgan fingerprint density at radius 1 is 0.519 bits per heavy atom. The quantitative estimate of drug-likeness (QED) is 0.595.